The number of carbonyl (C=O) groups is 1. The van der Waals surface area contributed by atoms with E-state index in [9.17, 15) is 4.79 Å². The van der Waals surface area contributed by atoms with Crippen LogP contribution in [0.25, 0.3) is 11.5 Å². The summed E-state index contributed by atoms with van der Waals surface area (Å²) in [5.41, 5.74) is 2.74. The zero-order valence-corrected chi connectivity index (χ0v) is 17.7. The Kier molecular flexibility index (Phi) is 6.59. The van der Waals surface area contributed by atoms with Gasteiger partial charge in [-0.2, -0.15) is 0 Å². The molecule has 156 valence electrons. The van der Waals surface area contributed by atoms with Crippen LogP contribution in [-0.4, -0.2) is 41.3 Å². The zero-order chi connectivity index (χ0) is 20.8. The second-order valence-electron chi connectivity index (χ2n) is 6.85. The summed E-state index contributed by atoms with van der Waals surface area (Å²) in [5.74, 6) is 3.19. The van der Waals surface area contributed by atoms with Gasteiger partial charge in [0.15, 0.2) is 11.5 Å². The predicted octanol–water partition coefficient (Wildman–Crippen LogP) is 4.39. The molecule has 0 spiro atoms. The van der Waals surface area contributed by atoms with Crippen molar-refractivity contribution in [3.8, 4) is 23.0 Å². The summed E-state index contributed by atoms with van der Waals surface area (Å²) in [5, 5.41) is 0. The smallest absolute Gasteiger partial charge is 0.232 e. The number of oxazole rings is 1. The molecule has 0 saturated heterocycles. The third-order valence-electron chi connectivity index (χ3n) is 4.79. The minimum absolute atomic E-state index is 0.0867. The van der Waals surface area contributed by atoms with Gasteiger partial charge in [-0.15, -0.1) is 11.8 Å². The molecule has 7 heteroatoms. The molecule has 0 N–H and O–H groups in total. The van der Waals surface area contributed by atoms with Gasteiger partial charge in [0.25, 0.3) is 0 Å². The van der Waals surface area contributed by atoms with Crippen LogP contribution in [0.5, 0.6) is 11.5 Å². The number of amides is 1. The maximum Gasteiger partial charge on any atom is 0.232 e. The standard InChI is InChI=1S/C23H24N2O4S/c1-2-25(13-18-9-6-10-20-22(18)28-12-11-27-20)21(26)16-30-15-19-14-29-23(24-19)17-7-4-3-5-8-17/h3-10,14H,2,11-13,15-16H2,1H3. The van der Waals surface area contributed by atoms with Crippen LogP contribution in [0.4, 0.5) is 0 Å². The van der Waals surface area contributed by atoms with Crippen LogP contribution in [0.15, 0.2) is 59.2 Å². The summed E-state index contributed by atoms with van der Waals surface area (Å²) in [6.07, 6.45) is 1.66. The minimum Gasteiger partial charge on any atom is -0.486 e. The first-order chi connectivity index (χ1) is 14.7. The molecule has 0 atom stereocenters. The van der Waals surface area contributed by atoms with Crippen LogP contribution < -0.4 is 9.47 Å². The number of carbonyl (C=O) groups excluding carboxylic acids is 1. The Morgan fingerprint density at radius 2 is 1.93 bits per heavy atom. The number of fused-ring (bicyclic) bond motifs is 1. The molecule has 1 aliphatic heterocycles. The van der Waals surface area contributed by atoms with Crippen molar-refractivity contribution in [2.45, 2.75) is 19.2 Å². The quantitative estimate of drug-likeness (QED) is 0.534. The van der Waals surface area contributed by atoms with Crippen molar-refractivity contribution in [1.29, 1.82) is 0 Å². The van der Waals surface area contributed by atoms with E-state index in [1.165, 1.54) is 11.8 Å². The van der Waals surface area contributed by atoms with Crippen molar-refractivity contribution in [2.24, 2.45) is 0 Å². The second kappa shape index (κ2) is 9.71. The van der Waals surface area contributed by atoms with E-state index in [1.54, 1.807) is 6.26 Å². The molecule has 4 rings (SSSR count). The van der Waals surface area contributed by atoms with Crippen LogP contribution in [0.3, 0.4) is 0 Å². The molecule has 0 bridgehead atoms. The fraction of sp³-hybridized carbons (Fsp3) is 0.304. The van der Waals surface area contributed by atoms with E-state index in [2.05, 4.69) is 4.98 Å². The molecule has 1 amide bonds. The van der Waals surface area contributed by atoms with Crippen molar-refractivity contribution in [3.63, 3.8) is 0 Å². The topological polar surface area (TPSA) is 64.8 Å². The lowest BCUT2D eigenvalue weighted by atomic mass is 10.1. The van der Waals surface area contributed by atoms with Gasteiger partial charge in [-0.1, -0.05) is 30.3 Å². The van der Waals surface area contributed by atoms with Gasteiger partial charge in [-0.3, -0.25) is 4.79 Å². The number of hydrogen-bond acceptors (Lipinski definition) is 6. The largest absolute Gasteiger partial charge is 0.486 e. The number of para-hydroxylation sites is 1. The molecular weight excluding hydrogens is 400 g/mol. The molecule has 6 nitrogen and oxygen atoms in total. The Morgan fingerprint density at radius 3 is 2.77 bits per heavy atom. The summed E-state index contributed by atoms with van der Waals surface area (Å²) in [7, 11) is 0. The molecular formula is C23H24N2O4S. The van der Waals surface area contributed by atoms with E-state index in [0.717, 1.165) is 28.3 Å². The maximum absolute atomic E-state index is 12.8. The average Bonchev–Trinajstić information content (AvgIpc) is 3.27. The fourth-order valence-electron chi connectivity index (χ4n) is 3.26. The number of rotatable bonds is 8. The van der Waals surface area contributed by atoms with Crippen LogP contribution in [-0.2, 0) is 17.1 Å². The average molecular weight is 425 g/mol. The number of benzene rings is 2. The first-order valence-corrected chi connectivity index (χ1v) is 11.1. The van der Waals surface area contributed by atoms with Crippen LogP contribution in [0.2, 0.25) is 0 Å². The molecule has 30 heavy (non-hydrogen) atoms. The molecule has 0 radical (unpaired) electrons. The van der Waals surface area contributed by atoms with E-state index in [1.807, 2.05) is 60.4 Å². The van der Waals surface area contributed by atoms with Crippen molar-refractivity contribution in [3.05, 3.63) is 66.1 Å². The van der Waals surface area contributed by atoms with Gasteiger partial charge in [0.1, 0.15) is 19.5 Å². The highest BCUT2D eigenvalue weighted by molar-refractivity contribution is 7.99. The molecule has 3 aromatic rings. The summed E-state index contributed by atoms with van der Waals surface area (Å²) in [6, 6.07) is 15.6. The lowest BCUT2D eigenvalue weighted by Gasteiger charge is -2.25. The van der Waals surface area contributed by atoms with Crippen molar-refractivity contribution in [1.82, 2.24) is 9.88 Å². The van der Waals surface area contributed by atoms with Crippen molar-refractivity contribution < 1.29 is 18.7 Å². The van der Waals surface area contributed by atoms with E-state index in [4.69, 9.17) is 13.9 Å². The number of nitrogens with zero attached hydrogens (tertiary/aromatic N) is 2. The molecule has 2 aromatic carbocycles. The Bertz CT molecular complexity index is 990. The first kappa shape index (κ1) is 20.3. The monoisotopic (exact) mass is 424 g/mol. The van der Waals surface area contributed by atoms with Gasteiger partial charge in [0.05, 0.1) is 11.4 Å². The summed E-state index contributed by atoms with van der Waals surface area (Å²) >= 11 is 1.54. The SMILES string of the molecule is CCN(Cc1cccc2c1OCCO2)C(=O)CSCc1coc(-c2ccccc2)n1. The molecule has 0 fully saturated rings. The highest BCUT2D eigenvalue weighted by Gasteiger charge is 2.19. The lowest BCUT2D eigenvalue weighted by molar-refractivity contribution is -0.128. The number of thioether (sulfide) groups is 1. The van der Waals surface area contributed by atoms with E-state index in [-0.39, 0.29) is 5.91 Å². The maximum atomic E-state index is 12.8. The number of ether oxygens (including phenoxy) is 2. The first-order valence-electron chi connectivity index (χ1n) is 9.97. The van der Waals surface area contributed by atoms with Gasteiger partial charge in [-0.25, -0.2) is 4.98 Å². The Labute approximate surface area is 180 Å². The van der Waals surface area contributed by atoms with Crippen LogP contribution in [0.1, 0.15) is 18.2 Å². The van der Waals surface area contributed by atoms with E-state index < -0.39 is 0 Å². The van der Waals surface area contributed by atoms with Crippen molar-refractivity contribution in [2.75, 3.05) is 25.5 Å². The van der Waals surface area contributed by atoms with Gasteiger partial charge in [0, 0.05) is 30.0 Å². The third-order valence-corrected chi connectivity index (χ3v) is 5.74. The molecule has 1 aromatic heterocycles. The number of hydrogen-bond donors (Lipinski definition) is 0. The summed E-state index contributed by atoms with van der Waals surface area (Å²) in [4.78, 5) is 19.1. The van der Waals surface area contributed by atoms with Crippen LogP contribution in [0, 0.1) is 0 Å². The highest BCUT2D eigenvalue weighted by atomic mass is 32.2. The Morgan fingerprint density at radius 1 is 1.10 bits per heavy atom. The molecule has 1 aliphatic rings. The second-order valence-corrected chi connectivity index (χ2v) is 7.84. The van der Waals surface area contributed by atoms with Gasteiger partial charge in [0.2, 0.25) is 11.8 Å². The van der Waals surface area contributed by atoms with Crippen LogP contribution >= 0.6 is 11.8 Å². The molecule has 0 unspecified atom stereocenters. The predicted molar refractivity (Wildman–Crippen MR) is 117 cm³/mol. The lowest BCUT2D eigenvalue weighted by Crippen LogP contribution is -2.32. The van der Waals surface area contributed by atoms with Gasteiger partial charge in [-0.05, 0) is 25.1 Å². The molecule has 0 saturated carbocycles. The Balaban J connectivity index is 1.32. The summed E-state index contributed by atoms with van der Waals surface area (Å²) in [6.45, 7) is 4.20. The van der Waals surface area contributed by atoms with E-state index >= 15 is 0 Å². The minimum atomic E-state index is 0.0867. The van der Waals surface area contributed by atoms with E-state index in [0.29, 0.717) is 43.7 Å². The fourth-order valence-corrected chi connectivity index (χ4v) is 4.06. The normalized spacial score (nSPS) is 12.6. The highest BCUT2D eigenvalue weighted by Crippen LogP contribution is 2.34. The molecule has 0 aliphatic carbocycles. The number of aromatic nitrogens is 1. The summed E-state index contributed by atoms with van der Waals surface area (Å²) < 4.78 is 17.0. The van der Waals surface area contributed by atoms with Crippen molar-refractivity contribution >= 4 is 17.7 Å². The van der Waals surface area contributed by atoms with Gasteiger partial charge >= 0.3 is 0 Å². The van der Waals surface area contributed by atoms with Gasteiger partial charge < -0.3 is 18.8 Å². The zero-order valence-electron chi connectivity index (χ0n) is 16.9. The Hall–Kier alpha value is -2.93. The molecule has 2 heterocycles. The third kappa shape index (κ3) is 4.79.